The van der Waals surface area contributed by atoms with Gasteiger partial charge in [-0.2, -0.15) is 0 Å². The summed E-state index contributed by atoms with van der Waals surface area (Å²) in [5.41, 5.74) is 0.381. The minimum absolute atomic E-state index is 0.0733. The Hall–Kier alpha value is -2.15. The quantitative estimate of drug-likeness (QED) is 0.933. The molecule has 0 saturated carbocycles. The Morgan fingerprint density at radius 1 is 1.45 bits per heavy atom. The van der Waals surface area contributed by atoms with E-state index in [-0.39, 0.29) is 17.9 Å². The molecule has 1 N–H and O–H groups in total. The summed E-state index contributed by atoms with van der Waals surface area (Å²) in [6.07, 6.45) is 3.53. The SMILES string of the molecule is CC(C)c1cc(C(=O)N2CCN(C)C(c3ncc[nH]3)C2)no1. The van der Waals surface area contributed by atoms with Crippen LogP contribution in [-0.4, -0.2) is 57.5 Å². The zero-order valence-corrected chi connectivity index (χ0v) is 13.1. The van der Waals surface area contributed by atoms with Crippen LogP contribution in [0.25, 0.3) is 0 Å². The van der Waals surface area contributed by atoms with Crippen molar-refractivity contribution in [3.05, 3.63) is 35.7 Å². The highest BCUT2D eigenvalue weighted by molar-refractivity contribution is 5.92. The molecule has 0 aliphatic carbocycles. The number of hydrogen-bond donors (Lipinski definition) is 1. The van der Waals surface area contributed by atoms with Gasteiger partial charge in [-0.3, -0.25) is 9.69 Å². The van der Waals surface area contributed by atoms with Gasteiger partial charge in [-0.25, -0.2) is 4.98 Å². The minimum Gasteiger partial charge on any atom is -0.360 e. The number of carbonyl (C=O) groups is 1. The third-order valence-corrected chi connectivity index (χ3v) is 4.09. The van der Waals surface area contributed by atoms with Gasteiger partial charge in [-0.05, 0) is 7.05 Å². The van der Waals surface area contributed by atoms with Gasteiger partial charge in [0.2, 0.25) is 0 Å². The van der Waals surface area contributed by atoms with Gasteiger partial charge in [0.25, 0.3) is 5.91 Å². The van der Waals surface area contributed by atoms with E-state index < -0.39 is 0 Å². The molecule has 0 bridgehead atoms. The van der Waals surface area contributed by atoms with Gasteiger partial charge in [0.05, 0.1) is 6.04 Å². The molecule has 1 aliphatic rings. The summed E-state index contributed by atoms with van der Waals surface area (Å²) in [5.74, 6) is 1.75. The molecule has 1 saturated heterocycles. The Morgan fingerprint density at radius 3 is 2.91 bits per heavy atom. The summed E-state index contributed by atoms with van der Waals surface area (Å²) in [6.45, 7) is 6.09. The number of rotatable bonds is 3. The predicted octanol–water partition coefficient (Wildman–Crippen LogP) is 1.65. The summed E-state index contributed by atoms with van der Waals surface area (Å²) in [7, 11) is 2.04. The van der Waals surface area contributed by atoms with Crippen molar-refractivity contribution in [1.82, 2.24) is 24.9 Å². The molecular weight excluding hydrogens is 282 g/mol. The maximum Gasteiger partial charge on any atom is 0.276 e. The predicted molar refractivity (Wildman–Crippen MR) is 80.5 cm³/mol. The van der Waals surface area contributed by atoms with Crippen molar-refractivity contribution in [3.8, 4) is 0 Å². The summed E-state index contributed by atoms with van der Waals surface area (Å²) in [4.78, 5) is 24.1. The molecule has 0 aromatic carbocycles. The number of aromatic amines is 1. The molecule has 1 aliphatic heterocycles. The summed E-state index contributed by atoms with van der Waals surface area (Å²) >= 11 is 0. The lowest BCUT2D eigenvalue weighted by Crippen LogP contribution is -2.49. The minimum atomic E-state index is -0.0830. The van der Waals surface area contributed by atoms with Crippen LogP contribution in [-0.2, 0) is 0 Å². The summed E-state index contributed by atoms with van der Waals surface area (Å²) < 4.78 is 5.23. The number of hydrogen-bond acceptors (Lipinski definition) is 5. The van der Waals surface area contributed by atoms with Gasteiger partial charge in [-0.15, -0.1) is 0 Å². The second-order valence-electron chi connectivity index (χ2n) is 5.99. The van der Waals surface area contributed by atoms with E-state index >= 15 is 0 Å². The van der Waals surface area contributed by atoms with Crippen molar-refractivity contribution < 1.29 is 9.32 Å². The van der Waals surface area contributed by atoms with Gasteiger partial charge < -0.3 is 14.4 Å². The molecule has 1 unspecified atom stereocenters. The number of aromatic nitrogens is 3. The molecule has 0 spiro atoms. The number of nitrogens with one attached hydrogen (secondary N) is 1. The van der Waals surface area contributed by atoms with Crippen molar-refractivity contribution >= 4 is 5.91 Å². The lowest BCUT2D eigenvalue weighted by Gasteiger charge is -2.38. The van der Waals surface area contributed by atoms with E-state index in [1.54, 1.807) is 18.5 Å². The first-order chi connectivity index (χ1) is 10.6. The normalized spacial score (nSPS) is 19.8. The van der Waals surface area contributed by atoms with Crippen LogP contribution in [0.5, 0.6) is 0 Å². The largest absolute Gasteiger partial charge is 0.360 e. The molecule has 118 valence electrons. The number of piperazine rings is 1. The van der Waals surface area contributed by atoms with E-state index in [1.165, 1.54) is 0 Å². The molecular formula is C15H21N5O2. The highest BCUT2D eigenvalue weighted by Gasteiger charge is 2.31. The van der Waals surface area contributed by atoms with Crippen LogP contribution >= 0.6 is 0 Å². The Bertz CT molecular complexity index is 634. The van der Waals surface area contributed by atoms with Gasteiger partial charge in [0, 0.05) is 44.0 Å². The molecule has 2 aromatic rings. The standard InChI is InChI=1S/C15H21N5O2/c1-10(2)13-8-11(18-22-13)15(21)20-7-6-19(3)12(9-20)14-16-4-5-17-14/h4-5,8,10,12H,6-7,9H2,1-3H3,(H,16,17). The van der Waals surface area contributed by atoms with Gasteiger partial charge in [0.15, 0.2) is 5.69 Å². The number of imidazole rings is 1. The Morgan fingerprint density at radius 2 is 2.27 bits per heavy atom. The molecule has 7 nitrogen and oxygen atoms in total. The zero-order chi connectivity index (χ0) is 15.7. The highest BCUT2D eigenvalue weighted by Crippen LogP contribution is 2.23. The molecule has 22 heavy (non-hydrogen) atoms. The lowest BCUT2D eigenvalue weighted by atomic mass is 10.1. The average Bonchev–Trinajstić information content (AvgIpc) is 3.18. The second-order valence-corrected chi connectivity index (χ2v) is 5.99. The van der Waals surface area contributed by atoms with E-state index in [1.807, 2.05) is 25.8 Å². The van der Waals surface area contributed by atoms with Crippen molar-refractivity contribution in [2.45, 2.75) is 25.8 Å². The number of H-pyrrole nitrogens is 1. The number of amides is 1. The van der Waals surface area contributed by atoms with Crippen molar-refractivity contribution in [2.24, 2.45) is 0 Å². The number of carbonyl (C=O) groups excluding carboxylic acids is 1. The third-order valence-electron chi connectivity index (χ3n) is 4.09. The average molecular weight is 303 g/mol. The van der Waals surface area contributed by atoms with Crippen molar-refractivity contribution in [2.75, 3.05) is 26.7 Å². The monoisotopic (exact) mass is 303 g/mol. The first-order valence-corrected chi connectivity index (χ1v) is 7.51. The topological polar surface area (TPSA) is 78.3 Å². The lowest BCUT2D eigenvalue weighted by molar-refractivity contribution is 0.0525. The van der Waals surface area contributed by atoms with Crippen LogP contribution in [0, 0.1) is 0 Å². The Balaban J connectivity index is 1.75. The highest BCUT2D eigenvalue weighted by atomic mass is 16.5. The Kier molecular flexibility index (Phi) is 3.98. The molecule has 3 heterocycles. The maximum atomic E-state index is 12.6. The van der Waals surface area contributed by atoms with E-state index in [4.69, 9.17) is 4.52 Å². The zero-order valence-electron chi connectivity index (χ0n) is 13.1. The maximum absolute atomic E-state index is 12.6. The summed E-state index contributed by atoms with van der Waals surface area (Å²) in [5, 5.41) is 3.92. The van der Waals surface area contributed by atoms with E-state index in [9.17, 15) is 4.79 Å². The molecule has 1 amide bonds. The van der Waals surface area contributed by atoms with E-state index in [0.717, 1.165) is 18.1 Å². The molecule has 7 heteroatoms. The van der Waals surface area contributed by atoms with Crippen molar-refractivity contribution in [1.29, 1.82) is 0 Å². The fourth-order valence-corrected chi connectivity index (χ4v) is 2.64. The van der Waals surface area contributed by atoms with Gasteiger partial charge in [0.1, 0.15) is 11.6 Å². The second kappa shape index (κ2) is 5.92. The van der Waals surface area contributed by atoms with E-state index in [0.29, 0.717) is 18.8 Å². The molecule has 2 aromatic heterocycles. The molecule has 1 fully saturated rings. The fourth-order valence-electron chi connectivity index (χ4n) is 2.64. The molecule has 0 radical (unpaired) electrons. The van der Waals surface area contributed by atoms with Crippen molar-refractivity contribution in [3.63, 3.8) is 0 Å². The molecule has 3 rings (SSSR count). The fraction of sp³-hybridized carbons (Fsp3) is 0.533. The van der Waals surface area contributed by atoms with Crippen LogP contribution in [0.2, 0.25) is 0 Å². The molecule has 1 atom stereocenters. The smallest absolute Gasteiger partial charge is 0.276 e. The number of likely N-dealkylation sites (N-methyl/N-ethyl adjacent to an activating group) is 1. The summed E-state index contributed by atoms with van der Waals surface area (Å²) in [6, 6.07) is 1.82. The first-order valence-electron chi connectivity index (χ1n) is 7.51. The Labute approximate surface area is 129 Å². The van der Waals surface area contributed by atoms with Crippen LogP contribution in [0.15, 0.2) is 23.0 Å². The van der Waals surface area contributed by atoms with Crippen LogP contribution < -0.4 is 0 Å². The third kappa shape index (κ3) is 2.76. The first kappa shape index (κ1) is 14.8. The van der Waals surface area contributed by atoms with Gasteiger partial charge in [-0.1, -0.05) is 19.0 Å². The van der Waals surface area contributed by atoms with Gasteiger partial charge >= 0.3 is 0 Å². The van der Waals surface area contributed by atoms with Crippen LogP contribution in [0.1, 0.15) is 47.9 Å². The number of nitrogens with zero attached hydrogens (tertiary/aromatic N) is 4. The van der Waals surface area contributed by atoms with E-state index in [2.05, 4.69) is 20.0 Å². The van der Waals surface area contributed by atoms with Crippen LogP contribution in [0.4, 0.5) is 0 Å². The van der Waals surface area contributed by atoms with Crippen LogP contribution in [0.3, 0.4) is 0 Å².